The molecule has 1 aromatic carbocycles. The molecule has 0 amide bonds. The third kappa shape index (κ3) is 3.41. The molecule has 0 aliphatic carbocycles. The molecule has 0 saturated carbocycles. The summed E-state index contributed by atoms with van der Waals surface area (Å²) < 4.78 is 49.9. The summed E-state index contributed by atoms with van der Waals surface area (Å²) in [4.78, 5) is 0. The summed E-state index contributed by atoms with van der Waals surface area (Å²) in [5, 5.41) is 19.3. The van der Waals surface area contributed by atoms with Gasteiger partial charge in [0.25, 0.3) is 0 Å². The van der Waals surface area contributed by atoms with E-state index in [-0.39, 0.29) is 23.5 Å². The van der Waals surface area contributed by atoms with Gasteiger partial charge in [0.1, 0.15) is 11.6 Å². The number of rotatable bonds is 5. The Kier molecular flexibility index (Phi) is 4.65. The fraction of sp³-hybridized carbons (Fsp3) is 0.571. The molecular weight excluding hydrogens is 302 g/mol. The highest BCUT2D eigenvalue weighted by atomic mass is 32.2. The van der Waals surface area contributed by atoms with Crippen LogP contribution in [-0.4, -0.2) is 43.4 Å². The normalized spacial score (nSPS) is 21.6. The number of aliphatic hydroxyl groups is 2. The molecule has 2 N–H and O–H groups in total. The summed E-state index contributed by atoms with van der Waals surface area (Å²) in [7, 11) is -3.18. The molecule has 1 aromatic rings. The molecule has 1 heterocycles. The molecule has 1 unspecified atom stereocenters. The van der Waals surface area contributed by atoms with E-state index in [9.17, 15) is 27.4 Å². The van der Waals surface area contributed by atoms with Gasteiger partial charge in [0.15, 0.2) is 9.84 Å². The molecule has 0 bridgehead atoms. The van der Waals surface area contributed by atoms with Crippen molar-refractivity contribution in [2.45, 2.75) is 12.8 Å². The van der Waals surface area contributed by atoms with Crippen LogP contribution in [0, 0.1) is 23.0 Å². The molecular formula is C14H18F2O4S. The second kappa shape index (κ2) is 5.98. The summed E-state index contributed by atoms with van der Waals surface area (Å²) in [5.41, 5.74) is -0.966. The topological polar surface area (TPSA) is 74.6 Å². The Labute approximate surface area is 122 Å². The maximum Gasteiger partial charge on any atom is 0.150 e. The summed E-state index contributed by atoms with van der Waals surface area (Å²) in [6, 6.07) is 3.09. The molecule has 4 nitrogen and oxygen atoms in total. The van der Waals surface area contributed by atoms with Gasteiger partial charge in [0.2, 0.25) is 0 Å². The molecule has 1 fully saturated rings. The standard InChI is InChI=1S/C14H18F2O4S/c15-12-2-1-10(13(16)5-12)6-14(8-17,9-18)11-3-4-21(19,20)7-11/h1-2,5,11,17-18H,3-4,6-9H2. The van der Waals surface area contributed by atoms with Crippen molar-refractivity contribution in [2.75, 3.05) is 24.7 Å². The molecule has 1 aliphatic heterocycles. The van der Waals surface area contributed by atoms with E-state index in [1.807, 2.05) is 0 Å². The van der Waals surface area contributed by atoms with Crippen LogP contribution in [0.3, 0.4) is 0 Å². The Hall–Kier alpha value is -1.05. The summed E-state index contributed by atoms with van der Waals surface area (Å²) in [5.74, 6) is -2.04. The quantitative estimate of drug-likeness (QED) is 0.846. The minimum absolute atomic E-state index is 0.00527. The second-order valence-corrected chi connectivity index (χ2v) is 7.92. The van der Waals surface area contributed by atoms with E-state index in [1.165, 1.54) is 6.07 Å². The highest BCUT2D eigenvalue weighted by Gasteiger charge is 2.44. The zero-order valence-corrected chi connectivity index (χ0v) is 12.2. The van der Waals surface area contributed by atoms with Gasteiger partial charge in [0.05, 0.1) is 24.7 Å². The zero-order chi connectivity index (χ0) is 15.7. The van der Waals surface area contributed by atoms with E-state index in [4.69, 9.17) is 0 Å². The van der Waals surface area contributed by atoms with Crippen LogP contribution in [0.15, 0.2) is 18.2 Å². The highest BCUT2D eigenvalue weighted by molar-refractivity contribution is 7.91. The molecule has 1 saturated heterocycles. The molecule has 21 heavy (non-hydrogen) atoms. The van der Waals surface area contributed by atoms with Crippen molar-refractivity contribution >= 4 is 9.84 Å². The van der Waals surface area contributed by atoms with E-state index in [0.29, 0.717) is 6.42 Å². The summed E-state index contributed by atoms with van der Waals surface area (Å²) in [6.45, 7) is -0.916. The van der Waals surface area contributed by atoms with Crippen LogP contribution in [0.4, 0.5) is 8.78 Å². The van der Waals surface area contributed by atoms with Crippen molar-refractivity contribution in [1.29, 1.82) is 0 Å². The van der Waals surface area contributed by atoms with E-state index in [0.717, 1.165) is 12.1 Å². The van der Waals surface area contributed by atoms with Crippen molar-refractivity contribution < 1.29 is 27.4 Å². The van der Waals surface area contributed by atoms with Gasteiger partial charge in [-0.1, -0.05) is 6.07 Å². The monoisotopic (exact) mass is 320 g/mol. The lowest BCUT2D eigenvalue weighted by Crippen LogP contribution is -2.41. The average Bonchev–Trinajstić information content (AvgIpc) is 2.79. The largest absolute Gasteiger partial charge is 0.396 e. The Bertz CT molecular complexity index is 611. The molecule has 1 atom stereocenters. The van der Waals surface area contributed by atoms with Gasteiger partial charge in [0, 0.05) is 11.5 Å². The van der Waals surface area contributed by atoms with Gasteiger partial charge in [-0.15, -0.1) is 0 Å². The van der Waals surface area contributed by atoms with Crippen LogP contribution in [0.2, 0.25) is 0 Å². The second-order valence-electron chi connectivity index (χ2n) is 5.69. The van der Waals surface area contributed by atoms with E-state index >= 15 is 0 Å². The Balaban J connectivity index is 2.30. The zero-order valence-electron chi connectivity index (χ0n) is 11.4. The third-order valence-corrected chi connectivity index (χ3v) is 6.05. The number of halogens is 2. The minimum Gasteiger partial charge on any atom is -0.396 e. The number of hydrogen-bond donors (Lipinski definition) is 2. The third-order valence-electron chi connectivity index (χ3n) is 4.29. The SMILES string of the molecule is O=S1(=O)CCC(C(CO)(CO)Cc2ccc(F)cc2F)C1. The van der Waals surface area contributed by atoms with E-state index < -0.39 is 46.0 Å². The Morgan fingerprint density at radius 3 is 2.38 bits per heavy atom. The highest BCUT2D eigenvalue weighted by Crippen LogP contribution is 2.39. The van der Waals surface area contributed by atoms with Crippen molar-refractivity contribution in [2.24, 2.45) is 11.3 Å². The van der Waals surface area contributed by atoms with Crippen LogP contribution < -0.4 is 0 Å². The lowest BCUT2D eigenvalue weighted by Gasteiger charge is -2.35. The van der Waals surface area contributed by atoms with Gasteiger partial charge in [-0.3, -0.25) is 0 Å². The number of hydrogen-bond acceptors (Lipinski definition) is 4. The van der Waals surface area contributed by atoms with Gasteiger partial charge in [-0.2, -0.15) is 0 Å². The number of sulfone groups is 1. The molecule has 0 aromatic heterocycles. The average molecular weight is 320 g/mol. The molecule has 1 aliphatic rings. The molecule has 7 heteroatoms. The molecule has 2 rings (SSSR count). The minimum atomic E-state index is -3.18. The van der Waals surface area contributed by atoms with Crippen molar-refractivity contribution in [3.05, 3.63) is 35.4 Å². The van der Waals surface area contributed by atoms with Crippen molar-refractivity contribution in [3.8, 4) is 0 Å². The van der Waals surface area contributed by atoms with Gasteiger partial charge in [-0.25, -0.2) is 17.2 Å². The van der Waals surface area contributed by atoms with E-state index in [2.05, 4.69) is 0 Å². The number of benzene rings is 1. The van der Waals surface area contributed by atoms with Crippen molar-refractivity contribution in [3.63, 3.8) is 0 Å². The number of aliphatic hydroxyl groups excluding tert-OH is 2. The smallest absolute Gasteiger partial charge is 0.150 e. The first-order valence-corrected chi connectivity index (χ1v) is 8.50. The first-order chi connectivity index (χ1) is 9.82. The molecule has 0 spiro atoms. The van der Waals surface area contributed by atoms with Crippen LogP contribution in [0.25, 0.3) is 0 Å². The van der Waals surface area contributed by atoms with Gasteiger partial charge in [-0.05, 0) is 30.4 Å². The van der Waals surface area contributed by atoms with Gasteiger partial charge < -0.3 is 10.2 Å². The molecule has 118 valence electrons. The maximum absolute atomic E-state index is 13.8. The van der Waals surface area contributed by atoms with Crippen molar-refractivity contribution in [1.82, 2.24) is 0 Å². The lowest BCUT2D eigenvalue weighted by molar-refractivity contribution is 0.0118. The first kappa shape index (κ1) is 16.3. The first-order valence-electron chi connectivity index (χ1n) is 6.68. The molecule has 0 radical (unpaired) electrons. The predicted molar refractivity (Wildman–Crippen MR) is 73.4 cm³/mol. The lowest BCUT2D eigenvalue weighted by atomic mass is 9.72. The van der Waals surface area contributed by atoms with Crippen LogP contribution >= 0.6 is 0 Å². The fourth-order valence-corrected chi connectivity index (χ4v) is 4.83. The van der Waals surface area contributed by atoms with E-state index in [1.54, 1.807) is 0 Å². The van der Waals surface area contributed by atoms with Crippen LogP contribution in [0.5, 0.6) is 0 Å². The Morgan fingerprint density at radius 2 is 1.90 bits per heavy atom. The van der Waals surface area contributed by atoms with Gasteiger partial charge >= 0.3 is 0 Å². The van der Waals surface area contributed by atoms with Crippen LogP contribution in [-0.2, 0) is 16.3 Å². The summed E-state index contributed by atoms with van der Waals surface area (Å²) >= 11 is 0. The summed E-state index contributed by atoms with van der Waals surface area (Å²) in [6.07, 6.45) is 0.290. The van der Waals surface area contributed by atoms with Crippen LogP contribution in [0.1, 0.15) is 12.0 Å². The fourth-order valence-electron chi connectivity index (χ4n) is 2.89. The Morgan fingerprint density at radius 1 is 1.24 bits per heavy atom. The predicted octanol–water partition coefficient (Wildman–Crippen LogP) is 0.913. The maximum atomic E-state index is 13.8.